The van der Waals surface area contributed by atoms with Crippen molar-refractivity contribution < 1.29 is 9.47 Å². The predicted octanol–water partition coefficient (Wildman–Crippen LogP) is 6.76. The molecule has 0 fully saturated rings. The van der Waals surface area contributed by atoms with Gasteiger partial charge in [-0.25, -0.2) is 0 Å². The number of benzene rings is 2. The van der Waals surface area contributed by atoms with Crippen molar-refractivity contribution >= 4 is 22.4 Å². The van der Waals surface area contributed by atoms with E-state index in [1.54, 1.807) is 0 Å². The van der Waals surface area contributed by atoms with Gasteiger partial charge in [-0.3, -0.25) is 0 Å². The summed E-state index contributed by atoms with van der Waals surface area (Å²) in [4.78, 5) is 0. The Bertz CT molecular complexity index is 654. The molecule has 0 spiro atoms. The maximum Gasteiger partial charge on any atom is 0.123 e. The third-order valence-electron chi connectivity index (χ3n) is 4.50. The zero-order valence-corrected chi connectivity index (χ0v) is 16.6. The normalized spacial score (nSPS) is 12.3. The Hall–Kier alpha value is -1.41. The summed E-state index contributed by atoms with van der Waals surface area (Å²) >= 11 is 6.17. The van der Waals surface area contributed by atoms with Crippen molar-refractivity contribution in [2.45, 2.75) is 64.7 Å². The molecule has 0 aliphatic heterocycles. The molecule has 0 aromatic heterocycles. The van der Waals surface area contributed by atoms with Crippen molar-refractivity contribution in [1.29, 1.82) is 0 Å². The van der Waals surface area contributed by atoms with Crippen LogP contribution in [0.25, 0.3) is 10.8 Å². The summed E-state index contributed by atoms with van der Waals surface area (Å²) in [6.07, 6.45) is 6.26. The van der Waals surface area contributed by atoms with Crippen molar-refractivity contribution in [3.05, 3.63) is 35.9 Å². The average Bonchev–Trinajstić information content (AvgIpc) is 2.65. The first-order valence-electron chi connectivity index (χ1n) is 9.64. The molecule has 3 heteroatoms. The molecular formula is C22H31ClO2. The van der Waals surface area contributed by atoms with Gasteiger partial charge in [0.05, 0.1) is 13.2 Å². The fourth-order valence-electron chi connectivity index (χ4n) is 3.02. The number of rotatable bonds is 11. The van der Waals surface area contributed by atoms with Crippen molar-refractivity contribution in [2.24, 2.45) is 0 Å². The molecule has 2 nitrogen and oxygen atoms in total. The van der Waals surface area contributed by atoms with Gasteiger partial charge in [0, 0.05) is 10.9 Å². The van der Waals surface area contributed by atoms with E-state index in [2.05, 4.69) is 51.1 Å². The van der Waals surface area contributed by atoms with Gasteiger partial charge in [0.2, 0.25) is 0 Å². The first kappa shape index (κ1) is 19.9. The van der Waals surface area contributed by atoms with E-state index < -0.39 is 0 Å². The number of hydrogen-bond acceptors (Lipinski definition) is 2. The summed E-state index contributed by atoms with van der Waals surface area (Å²) in [6, 6.07) is 10.6. The Labute approximate surface area is 157 Å². The lowest BCUT2D eigenvalue weighted by Crippen LogP contribution is -2.03. The molecule has 2 rings (SSSR count). The molecule has 25 heavy (non-hydrogen) atoms. The fourth-order valence-corrected chi connectivity index (χ4v) is 3.17. The second kappa shape index (κ2) is 10.6. The van der Waals surface area contributed by atoms with E-state index in [1.807, 2.05) is 0 Å². The van der Waals surface area contributed by atoms with Crippen LogP contribution in [-0.4, -0.2) is 18.6 Å². The minimum atomic E-state index is 0.302. The molecular weight excluding hydrogens is 332 g/mol. The van der Waals surface area contributed by atoms with Gasteiger partial charge in [-0.05, 0) is 67.5 Å². The number of unbranched alkanes of at least 4 members (excludes halogenated alkanes) is 1. The fraction of sp³-hybridized carbons (Fsp3) is 0.545. The molecule has 138 valence electrons. The number of ether oxygens (including phenoxy) is 2. The van der Waals surface area contributed by atoms with Crippen LogP contribution in [0.15, 0.2) is 30.3 Å². The van der Waals surface area contributed by atoms with Crippen LogP contribution in [0.2, 0.25) is 0 Å². The van der Waals surface area contributed by atoms with Crippen LogP contribution in [0, 0.1) is 0 Å². The molecule has 1 atom stereocenters. The van der Waals surface area contributed by atoms with Gasteiger partial charge in [-0.15, -0.1) is 11.6 Å². The molecule has 0 amide bonds. The Morgan fingerprint density at radius 1 is 0.960 bits per heavy atom. The summed E-state index contributed by atoms with van der Waals surface area (Å²) < 4.78 is 11.8. The van der Waals surface area contributed by atoms with E-state index in [-0.39, 0.29) is 0 Å². The lowest BCUT2D eigenvalue weighted by Gasteiger charge is -2.14. The topological polar surface area (TPSA) is 18.5 Å². The van der Waals surface area contributed by atoms with E-state index in [1.165, 1.54) is 16.3 Å². The van der Waals surface area contributed by atoms with Crippen LogP contribution < -0.4 is 9.47 Å². The highest BCUT2D eigenvalue weighted by Crippen LogP contribution is 2.31. The van der Waals surface area contributed by atoms with Crippen LogP contribution >= 0.6 is 11.6 Å². The molecule has 0 aliphatic carbocycles. The van der Waals surface area contributed by atoms with Gasteiger partial charge in [0.15, 0.2) is 0 Å². The first-order valence-corrected chi connectivity index (χ1v) is 10.1. The molecule has 0 saturated carbocycles. The smallest absolute Gasteiger partial charge is 0.123 e. The molecule has 2 aromatic carbocycles. The quantitative estimate of drug-likeness (QED) is 0.325. The maximum atomic E-state index is 6.17. The largest absolute Gasteiger partial charge is 0.494 e. The van der Waals surface area contributed by atoms with Crippen molar-refractivity contribution in [2.75, 3.05) is 13.2 Å². The van der Waals surface area contributed by atoms with Gasteiger partial charge in [-0.1, -0.05) is 32.9 Å². The monoisotopic (exact) mass is 362 g/mol. The molecule has 0 saturated heterocycles. The van der Waals surface area contributed by atoms with E-state index >= 15 is 0 Å². The SMILES string of the molecule is CCCOc1ccc2c(CC)c(OCCCCC(Cl)CC)ccc2c1. The highest BCUT2D eigenvalue weighted by Gasteiger charge is 2.09. The highest BCUT2D eigenvalue weighted by molar-refractivity contribution is 6.20. The van der Waals surface area contributed by atoms with E-state index in [0.29, 0.717) is 5.38 Å². The van der Waals surface area contributed by atoms with Crippen LogP contribution in [0.5, 0.6) is 11.5 Å². The zero-order valence-electron chi connectivity index (χ0n) is 15.8. The molecule has 0 radical (unpaired) electrons. The van der Waals surface area contributed by atoms with E-state index in [9.17, 15) is 0 Å². The predicted molar refractivity (Wildman–Crippen MR) is 108 cm³/mol. The minimum Gasteiger partial charge on any atom is -0.494 e. The third kappa shape index (κ3) is 5.81. The molecule has 0 aliphatic rings. The number of alkyl halides is 1. The second-order valence-electron chi connectivity index (χ2n) is 6.48. The van der Waals surface area contributed by atoms with Gasteiger partial charge < -0.3 is 9.47 Å². The van der Waals surface area contributed by atoms with Gasteiger partial charge in [0.25, 0.3) is 0 Å². The van der Waals surface area contributed by atoms with Gasteiger partial charge in [0.1, 0.15) is 11.5 Å². The molecule has 0 bridgehead atoms. The Morgan fingerprint density at radius 2 is 1.80 bits per heavy atom. The average molecular weight is 363 g/mol. The summed E-state index contributed by atoms with van der Waals surface area (Å²) in [5.74, 6) is 1.95. The van der Waals surface area contributed by atoms with Crippen LogP contribution in [0.1, 0.15) is 58.4 Å². The maximum absolute atomic E-state index is 6.17. The Balaban J connectivity index is 2.02. The minimum absolute atomic E-state index is 0.302. The molecule has 0 heterocycles. The van der Waals surface area contributed by atoms with Crippen LogP contribution in [0.4, 0.5) is 0 Å². The Kier molecular flexibility index (Phi) is 8.40. The lowest BCUT2D eigenvalue weighted by atomic mass is 10.0. The Morgan fingerprint density at radius 3 is 2.52 bits per heavy atom. The van der Waals surface area contributed by atoms with Crippen LogP contribution in [-0.2, 0) is 6.42 Å². The summed E-state index contributed by atoms with van der Waals surface area (Å²) in [6.45, 7) is 7.95. The summed E-state index contributed by atoms with van der Waals surface area (Å²) in [7, 11) is 0. The van der Waals surface area contributed by atoms with Crippen LogP contribution in [0.3, 0.4) is 0 Å². The molecule has 1 unspecified atom stereocenters. The number of halogens is 1. The standard InChI is InChI=1S/C22H31ClO2/c1-4-14-24-19-11-12-21-17(16-19)10-13-22(20(21)6-3)25-15-8-7-9-18(23)5-2/h10-13,16,18H,4-9,14-15H2,1-3H3. The van der Waals surface area contributed by atoms with E-state index in [0.717, 1.165) is 63.2 Å². The number of hydrogen-bond donors (Lipinski definition) is 0. The number of aryl methyl sites for hydroxylation is 1. The van der Waals surface area contributed by atoms with Crippen molar-refractivity contribution in [3.8, 4) is 11.5 Å². The van der Waals surface area contributed by atoms with Crippen molar-refractivity contribution in [3.63, 3.8) is 0 Å². The zero-order chi connectivity index (χ0) is 18.1. The third-order valence-corrected chi connectivity index (χ3v) is 5.03. The van der Waals surface area contributed by atoms with Gasteiger partial charge in [-0.2, -0.15) is 0 Å². The van der Waals surface area contributed by atoms with Crippen molar-refractivity contribution in [1.82, 2.24) is 0 Å². The lowest BCUT2D eigenvalue weighted by molar-refractivity contribution is 0.302. The second-order valence-corrected chi connectivity index (χ2v) is 7.09. The summed E-state index contributed by atoms with van der Waals surface area (Å²) in [5.41, 5.74) is 1.28. The first-order chi connectivity index (χ1) is 12.2. The summed E-state index contributed by atoms with van der Waals surface area (Å²) in [5, 5.41) is 2.78. The van der Waals surface area contributed by atoms with E-state index in [4.69, 9.17) is 21.1 Å². The number of fused-ring (bicyclic) bond motifs is 1. The highest BCUT2D eigenvalue weighted by atomic mass is 35.5. The molecule has 2 aromatic rings. The molecule has 0 N–H and O–H groups in total. The van der Waals surface area contributed by atoms with Gasteiger partial charge >= 0.3 is 0 Å².